The molecule has 2 fully saturated rings. The maximum absolute atomic E-state index is 13.6. The molecule has 0 radical (unpaired) electrons. The van der Waals surface area contributed by atoms with Gasteiger partial charge in [-0.1, -0.05) is 25.1 Å². The third-order valence-corrected chi connectivity index (χ3v) is 6.17. The number of ether oxygens (including phenoxy) is 2. The highest BCUT2D eigenvalue weighted by molar-refractivity contribution is 6.32. The van der Waals surface area contributed by atoms with Crippen molar-refractivity contribution in [3.8, 4) is 11.5 Å². The van der Waals surface area contributed by atoms with Crippen LogP contribution in [0.1, 0.15) is 23.7 Å². The van der Waals surface area contributed by atoms with Crippen LogP contribution < -0.4 is 19.3 Å². The van der Waals surface area contributed by atoms with E-state index < -0.39 is 35.6 Å². The molecule has 2 aliphatic rings. The summed E-state index contributed by atoms with van der Waals surface area (Å²) < 4.78 is 46.9. The number of amides is 3. The van der Waals surface area contributed by atoms with Gasteiger partial charge in [0.05, 0.1) is 23.1 Å². The summed E-state index contributed by atoms with van der Waals surface area (Å²) in [6, 6.07) is 13.4. The fraction of sp³-hybridized carbons (Fsp3) is 0.200. The zero-order chi connectivity index (χ0) is 25.7. The first-order valence-corrected chi connectivity index (χ1v) is 10.9. The van der Waals surface area contributed by atoms with Gasteiger partial charge in [0.2, 0.25) is 0 Å². The first kappa shape index (κ1) is 23.3. The number of hydrogen-bond donors (Lipinski definition) is 0. The number of hydrogen-bond acceptors (Lipinski definition) is 6. The molecule has 2 aromatic carbocycles. The number of alkyl halides is 3. The van der Waals surface area contributed by atoms with E-state index >= 15 is 0 Å². The Morgan fingerprint density at radius 2 is 1.72 bits per heavy atom. The van der Waals surface area contributed by atoms with Crippen LogP contribution in [-0.4, -0.2) is 34.8 Å². The predicted molar refractivity (Wildman–Crippen MR) is 121 cm³/mol. The maximum atomic E-state index is 13.6. The second-order valence-electron chi connectivity index (χ2n) is 8.43. The van der Waals surface area contributed by atoms with Crippen LogP contribution in [0, 0.1) is 5.92 Å². The monoisotopic (exact) mass is 497 g/mol. The first-order chi connectivity index (χ1) is 17.1. The lowest BCUT2D eigenvalue weighted by Crippen LogP contribution is -2.39. The SMILES string of the molecule is CC1CC12C(=O)N(c1ccc(OC(F)(F)F)cc1)C(=O)N2c1ccncc1OC(=O)c1ccccc1. The summed E-state index contributed by atoms with van der Waals surface area (Å²) in [4.78, 5) is 45.9. The zero-order valence-electron chi connectivity index (χ0n) is 18.7. The molecular weight excluding hydrogens is 479 g/mol. The van der Waals surface area contributed by atoms with Crippen molar-refractivity contribution >= 4 is 29.3 Å². The number of halogens is 3. The minimum atomic E-state index is -4.87. The van der Waals surface area contributed by atoms with Gasteiger partial charge >= 0.3 is 18.4 Å². The van der Waals surface area contributed by atoms with Gasteiger partial charge in [-0.05, 0) is 54.8 Å². The second-order valence-corrected chi connectivity index (χ2v) is 8.43. The van der Waals surface area contributed by atoms with Crippen molar-refractivity contribution in [2.75, 3.05) is 9.80 Å². The molecule has 2 atom stereocenters. The Hall–Kier alpha value is -4.41. The van der Waals surface area contributed by atoms with Gasteiger partial charge in [0, 0.05) is 6.20 Å². The maximum Gasteiger partial charge on any atom is 0.573 e. The van der Waals surface area contributed by atoms with Crippen LogP contribution in [0.25, 0.3) is 0 Å². The van der Waals surface area contributed by atoms with Gasteiger partial charge in [-0.15, -0.1) is 13.2 Å². The summed E-state index contributed by atoms with van der Waals surface area (Å²) in [7, 11) is 0. The molecule has 2 heterocycles. The molecule has 36 heavy (non-hydrogen) atoms. The number of esters is 1. The number of nitrogens with zero attached hydrogens (tertiary/aromatic N) is 3. The molecule has 1 saturated carbocycles. The van der Waals surface area contributed by atoms with Crippen LogP contribution in [0.3, 0.4) is 0 Å². The van der Waals surface area contributed by atoms with E-state index in [1.165, 1.54) is 35.5 Å². The predicted octanol–water partition coefficient (Wildman–Crippen LogP) is 4.95. The number of benzene rings is 2. The van der Waals surface area contributed by atoms with Gasteiger partial charge < -0.3 is 9.47 Å². The van der Waals surface area contributed by atoms with E-state index in [9.17, 15) is 27.6 Å². The van der Waals surface area contributed by atoms with Crippen molar-refractivity contribution in [2.24, 2.45) is 5.92 Å². The highest BCUT2D eigenvalue weighted by atomic mass is 19.4. The van der Waals surface area contributed by atoms with Crippen LogP contribution in [0.15, 0.2) is 73.1 Å². The van der Waals surface area contributed by atoms with Crippen LogP contribution in [-0.2, 0) is 4.79 Å². The molecule has 1 aliphatic carbocycles. The minimum absolute atomic E-state index is 0.0123. The Balaban J connectivity index is 1.49. The number of anilines is 2. The van der Waals surface area contributed by atoms with Crippen molar-refractivity contribution in [3.63, 3.8) is 0 Å². The topological polar surface area (TPSA) is 89.0 Å². The van der Waals surface area contributed by atoms with Gasteiger partial charge in [-0.3, -0.25) is 14.7 Å². The van der Waals surface area contributed by atoms with Gasteiger partial charge in [0.15, 0.2) is 5.75 Å². The molecular formula is C25H18F3N3O5. The number of rotatable bonds is 5. The Kier molecular flexibility index (Phi) is 5.42. The van der Waals surface area contributed by atoms with Crippen molar-refractivity contribution in [2.45, 2.75) is 25.2 Å². The van der Waals surface area contributed by atoms with E-state index in [0.717, 1.165) is 17.0 Å². The highest BCUT2D eigenvalue weighted by Crippen LogP contribution is 2.56. The zero-order valence-corrected chi connectivity index (χ0v) is 18.7. The van der Waals surface area contributed by atoms with Crippen LogP contribution in [0.5, 0.6) is 11.5 Å². The van der Waals surface area contributed by atoms with Crippen LogP contribution in [0.4, 0.5) is 29.3 Å². The normalized spacial score (nSPS) is 21.2. The minimum Gasteiger partial charge on any atom is -0.419 e. The number of urea groups is 1. The van der Waals surface area contributed by atoms with E-state index in [-0.39, 0.29) is 28.6 Å². The average molecular weight is 497 g/mol. The average Bonchev–Trinajstić information content (AvgIpc) is 3.46. The van der Waals surface area contributed by atoms with Gasteiger partial charge in [0.25, 0.3) is 5.91 Å². The van der Waals surface area contributed by atoms with Crippen molar-refractivity contribution in [3.05, 3.63) is 78.6 Å². The van der Waals surface area contributed by atoms with Crippen LogP contribution >= 0.6 is 0 Å². The first-order valence-electron chi connectivity index (χ1n) is 10.9. The summed E-state index contributed by atoms with van der Waals surface area (Å²) >= 11 is 0. The third kappa shape index (κ3) is 3.92. The molecule has 8 nitrogen and oxygen atoms in total. The van der Waals surface area contributed by atoms with E-state index in [0.29, 0.717) is 6.42 Å². The Morgan fingerprint density at radius 1 is 1.06 bits per heavy atom. The number of carbonyl (C=O) groups is 3. The van der Waals surface area contributed by atoms with E-state index in [2.05, 4.69) is 9.72 Å². The summed E-state index contributed by atoms with van der Waals surface area (Å²) in [6.07, 6.45) is -1.84. The largest absolute Gasteiger partial charge is 0.573 e. The Bertz CT molecular complexity index is 1350. The molecule has 1 saturated heterocycles. The Morgan fingerprint density at radius 3 is 2.33 bits per heavy atom. The lowest BCUT2D eigenvalue weighted by Gasteiger charge is -2.24. The molecule has 3 aromatic rings. The fourth-order valence-corrected chi connectivity index (χ4v) is 4.38. The smallest absolute Gasteiger partial charge is 0.419 e. The number of carbonyl (C=O) groups excluding carboxylic acids is 3. The molecule has 1 spiro atoms. The van der Waals surface area contributed by atoms with Gasteiger partial charge in [-0.25, -0.2) is 14.5 Å². The Labute approximate surface area is 202 Å². The summed E-state index contributed by atoms with van der Waals surface area (Å²) in [6.45, 7) is 1.80. The molecule has 1 aromatic heterocycles. The summed E-state index contributed by atoms with van der Waals surface area (Å²) in [5.41, 5.74) is -0.671. The number of imide groups is 1. The molecule has 1 aliphatic heterocycles. The molecule has 0 bridgehead atoms. The van der Waals surface area contributed by atoms with Crippen LogP contribution in [0.2, 0.25) is 0 Å². The quantitative estimate of drug-likeness (QED) is 0.366. The molecule has 5 rings (SSSR count). The number of pyridine rings is 1. The third-order valence-electron chi connectivity index (χ3n) is 6.17. The van der Waals surface area contributed by atoms with Crippen molar-refractivity contribution in [1.82, 2.24) is 4.98 Å². The van der Waals surface area contributed by atoms with Crippen molar-refractivity contribution < 1.29 is 37.0 Å². The number of aromatic nitrogens is 1. The fourth-order valence-electron chi connectivity index (χ4n) is 4.38. The lowest BCUT2D eigenvalue weighted by molar-refractivity contribution is -0.274. The summed E-state index contributed by atoms with van der Waals surface area (Å²) in [5, 5.41) is 0. The van der Waals surface area contributed by atoms with E-state index in [1.807, 2.05) is 0 Å². The molecule has 3 amide bonds. The van der Waals surface area contributed by atoms with E-state index in [1.54, 1.807) is 37.3 Å². The van der Waals surface area contributed by atoms with E-state index in [4.69, 9.17) is 4.74 Å². The molecule has 2 unspecified atom stereocenters. The summed E-state index contributed by atoms with van der Waals surface area (Å²) in [5.74, 6) is -1.90. The standard InChI is InChI=1S/C25H18F3N3O5/c1-15-13-24(15)22(33)30(17-7-9-18(10-8-17)36-25(26,27)28)23(34)31(24)19-11-12-29-14-20(19)35-21(32)16-5-3-2-4-6-16/h2-12,14-15H,13H2,1H3. The lowest BCUT2D eigenvalue weighted by atomic mass is 10.1. The highest BCUT2D eigenvalue weighted by Gasteiger charge is 2.71. The second kappa shape index (κ2) is 8.36. The van der Waals surface area contributed by atoms with Gasteiger partial charge in [-0.2, -0.15) is 0 Å². The molecule has 0 N–H and O–H groups in total. The van der Waals surface area contributed by atoms with Gasteiger partial charge in [0.1, 0.15) is 11.3 Å². The van der Waals surface area contributed by atoms with Crippen molar-refractivity contribution in [1.29, 1.82) is 0 Å². The molecule has 184 valence electrons. The molecule has 11 heteroatoms.